The maximum absolute atomic E-state index is 13.3. The van der Waals surface area contributed by atoms with Gasteiger partial charge in [0.2, 0.25) is 0 Å². The van der Waals surface area contributed by atoms with Gasteiger partial charge < -0.3 is 4.74 Å². The molecule has 0 N–H and O–H groups in total. The Morgan fingerprint density at radius 1 is 1.11 bits per heavy atom. The van der Waals surface area contributed by atoms with Crippen LogP contribution in [0, 0.1) is 5.82 Å². The second-order valence-electron chi connectivity index (χ2n) is 4.23. The van der Waals surface area contributed by atoms with Crippen molar-refractivity contribution >= 4 is 5.78 Å². The van der Waals surface area contributed by atoms with Crippen LogP contribution in [0.25, 0.3) is 0 Å². The molecule has 2 aromatic rings. The van der Waals surface area contributed by atoms with E-state index in [1.165, 1.54) is 30.9 Å². The van der Waals surface area contributed by atoms with E-state index in [0.717, 1.165) is 6.42 Å². The minimum absolute atomic E-state index is 0.0797. The monoisotopic (exact) mass is 258 g/mol. The summed E-state index contributed by atoms with van der Waals surface area (Å²) in [6.45, 7) is 2.06. The normalized spacial score (nSPS) is 10.3. The first kappa shape index (κ1) is 13.3. The molecule has 0 aliphatic rings. The fourth-order valence-electron chi connectivity index (χ4n) is 1.86. The molecule has 2 rings (SSSR count). The summed E-state index contributed by atoms with van der Waals surface area (Å²) in [4.78, 5) is 12.2. The zero-order valence-electron chi connectivity index (χ0n) is 10.9. The lowest BCUT2D eigenvalue weighted by Gasteiger charge is -2.06. The third-order valence-electron chi connectivity index (χ3n) is 3.04. The highest BCUT2D eigenvalue weighted by molar-refractivity contribution is 6.09. The van der Waals surface area contributed by atoms with Crippen molar-refractivity contribution in [1.82, 2.24) is 0 Å². The molecule has 0 heterocycles. The Morgan fingerprint density at radius 3 is 2.32 bits per heavy atom. The summed E-state index contributed by atoms with van der Waals surface area (Å²) >= 11 is 0. The van der Waals surface area contributed by atoms with Gasteiger partial charge in [-0.25, -0.2) is 4.39 Å². The minimum atomic E-state index is -0.472. The van der Waals surface area contributed by atoms with Crippen LogP contribution < -0.4 is 4.74 Å². The number of hydrogen-bond donors (Lipinski definition) is 0. The molecule has 0 unspecified atom stereocenters. The lowest BCUT2D eigenvalue weighted by atomic mass is 10.0. The van der Waals surface area contributed by atoms with E-state index in [9.17, 15) is 9.18 Å². The second kappa shape index (κ2) is 5.65. The second-order valence-corrected chi connectivity index (χ2v) is 4.23. The van der Waals surface area contributed by atoms with Crippen molar-refractivity contribution in [2.75, 3.05) is 7.11 Å². The van der Waals surface area contributed by atoms with Gasteiger partial charge in [0.1, 0.15) is 0 Å². The summed E-state index contributed by atoms with van der Waals surface area (Å²) in [6.07, 6.45) is 0.929. The largest absolute Gasteiger partial charge is 0.494 e. The van der Waals surface area contributed by atoms with E-state index in [1.54, 1.807) is 12.1 Å². The van der Waals surface area contributed by atoms with Crippen molar-refractivity contribution in [3.05, 3.63) is 65.0 Å². The van der Waals surface area contributed by atoms with Crippen molar-refractivity contribution < 1.29 is 13.9 Å². The Hall–Kier alpha value is -2.16. The Bertz CT molecular complexity index is 588. The number of aryl methyl sites for hydroxylation is 1. The molecule has 3 heteroatoms. The first-order valence-corrected chi connectivity index (χ1v) is 6.13. The molecule has 0 aromatic heterocycles. The molecule has 2 nitrogen and oxygen atoms in total. The van der Waals surface area contributed by atoms with E-state index < -0.39 is 5.82 Å². The Kier molecular flexibility index (Phi) is 3.95. The predicted molar refractivity (Wildman–Crippen MR) is 72.2 cm³/mol. The summed E-state index contributed by atoms with van der Waals surface area (Å²) in [7, 11) is 1.38. The lowest BCUT2D eigenvalue weighted by Crippen LogP contribution is -2.02. The van der Waals surface area contributed by atoms with Gasteiger partial charge in [-0.2, -0.15) is 0 Å². The standard InChI is InChI=1S/C16H15FO2/c1-3-11-4-6-12(7-5-11)16(18)13-8-9-14(17)15(10-13)19-2/h4-10H,3H2,1-2H3. The zero-order valence-corrected chi connectivity index (χ0v) is 10.9. The highest BCUT2D eigenvalue weighted by Gasteiger charge is 2.12. The van der Waals surface area contributed by atoms with Crippen molar-refractivity contribution in [2.45, 2.75) is 13.3 Å². The molecule has 0 radical (unpaired) electrons. The number of halogens is 1. The molecule has 19 heavy (non-hydrogen) atoms. The van der Waals surface area contributed by atoms with Crippen LogP contribution in [0.4, 0.5) is 4.39 Å². The molecule has 2 aromatic carbocycles. The van der Waals surface area contributed by atoms with Crippen molar-refractivity contribution in [3.63, 3.8) is 0 Å². The van der Waals surface area contributed by atoms with E-state index in [0.29, 0.717) is 11.1 Å². The van der Waals surface area contributed by atoms with Crippen LogP contribution >= 0.6 is 0 Å². The SMILES string of the molecule is CCc1ccc(C(=O)c2ccc(F)c(OC)c2)cc1. The van der Waals surface area contributed by atoms with Crippen LogP contribution in [-0.4, -0.2) is 12.9 Å². The van der Waals surface area contributed by atoms with Gasteiger partial charge in [0, 0.05) is 11.1 Å². The molecule has 0 atom stereocenters. The quantitative estimate of drug-likeness (QED) is 0.783. The number of carbonyl (C=O) groups excluding carboxylic acids is 1. The van der Waals surface area contributed by atoms with Gasteiger partial charge in [-0.3, -0.25) is 4.79 Å². The summed E-state index contributed by atoms with van der Waals surface area (Å²) in [5, 5.41) is 0. The number of carbonyl (C=O) groups is 1. The maximum atomic E-state index is 13.3. The van der Waals surface area contributed by atoms with Gasteiger partial charge in [-0.1, -0.05) is 31.2 Å². The summed E-state index contributed by atoms with van der Waals surface area (Å²) in [5.41, 5.74) is 2.18. The Morgan fingerprint density at radius 2 is 1.74 bits per heavy atom. The highest BCUT2D eigenvalue weighted by atomic mass is 19.1. The Balaban J connectivity index is 2.32. The summed E-state index contributed by atoms with van der Waals surface area (Å²) in [5.74, 6) is -0.530. The van der Waals surface area contributed by atoms with Gasteiger partial charge in [-0.15, -0.1) is 0 Å². The van der Waals surface area contributed by atoms with Crippen molar-refractivity contribution in [2.24, 2.45) is 0 Å². The smallest absolute Gasteiger partial charge is 0.193 e. The topological polar surface area (TPSA) is 26.3 Å². The fraction of sp³-hybridized carbons (Fsp3) is 0.188. The maximum Gasteiger partial charge on any atom is 0.193 e. The number of ketones is 1. The van der Waals surface area contributed by atoms with Crippen molar-refractivity contribution in [1.29, 1.82) is 0 Å². The van der Waals surface area contributed by atoms with E-state index in [4.69, 9.17) is 4.74 Å². The first-order valence-electron chi connectivity index (χ1n) is 6.13. The van der Waals surface area contributed by atoms with E-state index >= 15 is 0 Å². The average molecular weight is 258 g/mol. The van der Waals surface area contributed by atoms with Crippen LogP contribution in [0.5, 0.6) is 5.75 Å². The predicted octanol–water partition coefficient (Wildman–Crippen LogP) is 3.63. The molecule has 0 saturated carbocycles. The zero-order chi connectivity index (χ0) is 13.8. The molecule has 98 valence electrons. The van der Waals surface area contributed by atoms with Crippen LogP contribution in [0.1, 0.15) is 28.4 Å². The molecule has 0 aliphatic carbocycles. The average Bonchev–Trinajstić information content (AvgIpc) is 2.47. The lowest BCUT2D eigenvalue weighted by molar-refractivity contribution is 0.103. The first-order chi connectivity index (χ1) is 9.15. The van der Waals surface area contributed by atoms with E-state index in [1.807, 2.05) is 12.1 Å². The molecule has 0 amide bonds. The Labute approximate surface area is 111 Å². The summed E-state index contributed by atoms with van der Waals surface area (Å²) < 4.78 is 18.2. The number of hydrogen-bond acceptors (Lipinski definition) is 2. The van der Waals surface area contributed by atoms with Gasteiger partial charge in [-0.05, 0) is 30.2 Å². The van der Waals surface area contributed by atoms with Gasteiger partial charge in [0.15, 0.2) is 17.3 Å². The highest BCUT2D eigenvalue weighted by Crippen LogP contribution is 2.20. The fourth-order valence-corrected chi connectivity index (χ4v) is 1.86. The molecular formula is C16H15FO2. The van der Waals surface area contributed by atoms with E-state index in [-0.39, 0.29) is 11.5 Å². The molecule has 0 saturated heterocycles. The van der Waals surface area contributed by atoms with Crippen LogP contribution in [0.3, 0.4) is 0 Å². The molecule has 0 bridgehead atoms. The number of methoxy groups -OCH3 is 1. The van der Waals surface area contributed by atoms with Crippen LogP contribution in [-0.2, 0) is 6.42 Å². The van der Waals surface area contributed by atoms with Crippen molar-refractivity contribution in [3.8, 4) is 5.75 Å². The van der Waals surface area contributed by atoms with Gasteiger partial charge in [0.25, 0.3) is 0 Å². The summed E-state index contributed by atoms with van der Waals surface area (Å²) in [6, 6.07) is 11.6. The van der Waals surface area contributed by atoms with Gasteiger partial charge >= 0.3 is 0 Å². The minimum Gasteiger partial charge on any atom is -0.494 e. The van der Waals surface area contributed by atoms with Gasteiger partial charge in [0.05, 0.1) is 7.11 Å². The molecule has 0 spiro atoms. The number of benzene rings is 2. The number of ether oxygens (including phenoxy) is 1. The molecular weight excluding hydrogens is 243 g/mol. The molecule has 0 fully saturated rings. The number of rotatable bonds is 4. The van der Waals surface area contributed by atoms with Crippen LogP contribution in [0.15, 0.2) is 42.5 Å². The van der Waals surface area contributed by atoms with E-state index in [2.05, 4.69) is 6.92 Å². The third kappa shape index (κ3) is 2.81. The third-order valence-corrected chi connectivity index (χ3v) is 3.04. The van der Waals surface area contributed by atoms with Crippen LogP contribution in [0.2, 0.25) is 0 Å². The molecule has 0 aliphatic heterocycles.